The molecule has 0 spiro atoms. The largest absolute Gasteiger partial charge is 0.342 e. The summed E-state index contributed by atoms with van der Waals surface area (Å²) in [6.07, 6.45) is 6.18. The molecule has 0 aliphatic carbocycles. The Morgan fingerprint density at radius 2 is 1.90 bits per heavy atom. The molecule has 0 bridgehead atoms. The molecule has 0 unspecified atom stereocenters. The number of carbonyl (C=O) groups is 1. The van der Waals surface area contributed by atoms with E-state index >= 15 is 0 Å². The van der Waals surface area contributed by atoms with Crippen molar-refractivity contribution in [2.24, 2.45) is 13.0 Å². The fourth-order valence-electron chi connectivity index (χ4n) is 4.66. The van der Waals surface area contributed by atoms with Crippen molar-refractivity contribution in [3.8, 4) is 0 Å². The van der Waals surface area contributed by atoms with E-state index in [1.807, 2.05) is 22.6 Å². The van der Waals surface area contributed by atoms with Crippen molar-refractivity contribution in [2.45, 2.75) is 56.8 Å². The molecule has 1 amide bonds. The molecule has 1 atom stereocenters. The first kappa shape index (κ1) is 21.3. The van der Waals surface area contributed by atoms with E-state index in [4.69, 9.17) is 0 Å². The van der Waals surface area contributed by atoms with Crippen LogP contribution in [-0.4, -0.2) is 59.3 Å². The van der Waals surface area contributed by atoms with E-state index in [1.165, 1.54) is 6.42 Å². The normalized spacial score (nSPS) is 21.3. The third-order valence-corrected chi connectivity index (χ3v) is 8.36. The lowest BCUT2D eigenvalue weighted by atomic mass is 10.00. The number of aryl methyl sites for hydroxylation is 2. The third-order valence-electron chi connectivity index (χ3n) is 6.47. The second kappa shape index (κ2) is 8.67. The van der Waals surface area contributed by atoms with Crippen molar-refractivity contribution in [2.75, 3.05) is 26.2 Å². The van der Waals surface area contributed by atoms with Crippen LogP contribution in [0.15, 0.2) is 23.1 Å². The number of likely N-dealkylation sites (tertiary alicyclic amines) is 1. The minimum absolute atomic E-state index is 0.182. The number of piperidine rings is 2. The van der Waals surface area contributed by atoms with Gasteiger partial charge >= 0.3 is 0 Å². The lowest BCUT2D eigenvalue weighted by molar-refractivity contribution is -0.132. The van der Waals surface area contributed by atoms with Gasteiger partial charge in [-0.15, -0.1) is 0 Å². The monoisotopic (exact) mass is 432 g/mol. The summed E-state index contributed by atoms with van der Waals surface area (Å²) in [5.41, 5.74) is 1.56. The number of rotatable bonds is 5. The van der Waals surface area contributed by atoms with Gasteiger partial charge in [0.05, 0.1) is 15.9 Å². The van der Waals surface area contributed by atoms with Gasteiger partial charge in [-0.25, -0.2) is 13.4 Å². The van der Waals surface area contributed by atoms with Gasteiger partial charge in [0.15, 0.2) is 0 Å². The maximum absolute atomic E-state index is 13.0. The summed E-state index contributed by atoms with van der Waals surface area (Å²) < 4.78 is 29.5. The first-order valence-corrected chi connectivity index (χ1v) is 12.5. The lowest BCUT2D eigenvalue weighted by Gasteiger charge is -2.31. The van der Waals surface area contributed by atoms with Crippen LogP contribution >= 0.6 is 0 Å². The molecular formula is C22H32N4O3S. The van der Waals surface area contributed by atoms with Crippen LogP contribution in [0.25, 0.3) is 11.0 Å². The van der Waals surface area contributed by atoms with Crippen molar-refractivity contribution in [1.29, 1.82) is 0 Å². The maximum Gasteiger partial charge on any atom is 0.243 e. The van der Waals surface area contributed by atoms with E-state index in [0.29, 0.717) is 42.3 Å². The average molecular weight is 433 g/mol. The van der Waals surface area contributed by atoms with Crippen LogP contribution in [0, 0.1) is 5.92 Å². The fraction of sp³-hybridized carbons (Fsp3) is 0.636. The molecule has 1 aromatic carbocycles. The van der Waals surface area contributed by atoms with Gasteiger partial charge in [-0.1, -0.05) is 13.3 Å². The number of aromatic nitrogens is 2. The molecule has 7 nitrogen and oxygen atoms in total. The van der Waals surface area contributed by atoms with Crippen LogP contribution in [0.1, 0.15) is 51.3 Å². The molecular weight excluding hydrogens is 400 g/mol. The highest BCUT2D eigenvalue weighted by Crippen LogP contribution is 2.25. The van der Waals surface area contributed by atoms with Gasteiger partial charge in [0.1, 0.15) is 5.82 Å². The van der Waals surface area contributed by atoms with E-state index in [9.17, 15) is 13.2 Å². The number of benzene rings is 1. The Bertz CT molecular complexity index is 1020. The second-order valence-corrected chi connectivity index (χ2v) is 10.7. The van der Waals surface area contributed by atoms with Gasteiger partial charge in [-0.2, -0.15) is 4.31 Å². The smallest absolute Gasteiger partial charge is 0.243 e. The van der Waals surface area contributed by atoms with Crippen LogP contribution in [0.5, 0.6) is 0 Å². The van der Waals surface area contributed by atoms with Crippen molar-refractivity contribution in [3.05, 3.63) is 24.0 Å². The predicted octanol–water partition coefficient (Wildman–Crippen LogP) is 2.94. The first-order chi connectivity index (χ1) is 14.4. The highest BCUT2D eigenvalue weighted by atomic mass is 32.2. The van der Waals surface area contributed by atoms with Crippen LogP contribution in [0.2, 0.25) is 0 Å². The summed E-state index contributed by atoms with van der Waals surface area (Å²) in [6.45, 7) is 5.07. The van der Waals surface area contributed by atoms with Crippen LogP contribution < -0.4 is 0 Å². The minimum atomic E-state index is -3.48. The molecule has 0 radical (unpaired) electrons. The first-order valence-electron chi connectivity index (χ1n) is 11.1. The summed E-state index contributed by atoms with van der Waals surface area (Å²) in [5, 5.41) is 0. The molecule has 2 saturated heterocycles. The summed E-state index contributed by atoms with van der Waals surface area (Å²) in [6, 6.07) is 5.19. The zero-order valence-electron chi connectivity index (χ0n) is 18.0. The zero-order valence-corrected chi connectivity index (χ0v) is 18.8. The SMILES string of the molecule is C[C@H]1CCCN(C(=O)CCc2nc3cc(S(=O)(=O)N4CCCCC4)ccc3n2C)C1. The number of imidazole rings is 1. The lowest BCUT2D eigenvalue weighted by Crippen LogP contribution is -2.39. The molecule has 0 N–H and O–H groups in total. The van der Waals surface area contributed by atoms with E-state index in [-0.39, 0.29) is 5.91 Å². The molecule has 2 aromatic rings. The fourth-order valence-corrected chi connectivity index (χ4v) is 6.20. The highest BCUT2D eigenvalue weighted by molar-refractivity contribution is 7.89. The molecule has 0 saturated carbocycles. The molecule has 1 aromatic heterocycles. The van der Waals surface area contributed by atoms with Crippen LogP contribution in [0.3, 0.4) is 0 Å². The Morgan fingerprint density at radius 1 is 1.13 bits per heavy atom. The highest BCUT2D eigenvalue weighted by Gasteiger charge is 2.27. The van der Waals surface area contributed by atoms with Crippen LogP contribution in [0.4, 0.5) is 0 Å². The number of sulfonamides is 1. The third kappa shape index (κ3) is 4.25. The minimum Gasteiger partial charge on any atom is -0.342 e. The van der Waals surface area contributed by atoms with E-state index in [2.05, 4.69) is 11.9 Å². The van der Waals surface area contributed by atoms with Crippen LogP contribution in [-0.2, 0) is 28.3 Å². The summed E-state index contributed by atoms with van der Waals surface area (Å²) >= 11 is 0. The number of carbonyl (C=O) groups excluding carboxylic acids is 1. The predicted molar refractivity (Wildman–Crippen MR) is 117 cm³/mol. The number of hydrogen-bond donors (Lipinski definition) is 0. The standard InChI is InChI=1S/C22H32N4O3S/c1-17-7-6-12-25(16-17)22(27)11-10-21-23-19-15-18(8-9-20(19)24(21)2)30(28,29)26-13-4-3-5-14-26/h8-9,15,17H,3-7,10-14,16H2,1-2H3/t17-/m0/s1. The van der Waals surface area contributed by atoms with Crippen molar-refractivity contribution >= 4 is 27.0 Å². The zero-order chi connectivity index (χ0) is 21.3. The van der Waals surface area contributed by atoms with Gasteiger partial charge in [0.2, 0.25) is 15.9 Å². The van der Waals surface area contributed by atoms with E-state index < -0.39 is 10.0 Å². The molecule has 8 heteroatoms. The number of hydrogen-bond acceptors (Lipinski definition) is 4. The van der Waals surface area contributed by atoms with Crippen molar-refractivity contribution in [3.63, 3.8) is 0 Å². The summed E-state index contributed by atoms with van der Waals surface area (Å²) in [7, 11) is -1.55. The molecule has 2 aliphatic heterocycles. The maximum atomic E-state index is 13.0. The second-order valence-electron chi connectivity index (χ2n) is 8.79. The molecule has 164 valence electrons. The van der Waals surface area contributed by atoms with Gasteiger partial charge in [0, 0.05) is 46.1 Å². The molecule has 3 heterocycles. The van der Waals surface area contributed by atoms with Gasteiger partial charge in [0.25, 0.3) is 0 Å². The van der Waals surface area contributed by atoms with Gasteiger partial charge < -0.3 is 9.47 Å². The number of fused-ring (bicyclic) bond motifs is 1. The molecule has 2 aliphatic rings. The molecule has 4 rings (SSSR count). The Kier molecular flexibility index (Phi) is 6.16. The summed E-state index contributed by atoms with van der Waals surface area (Å²) in [5.74, 6) is 1.57. The Hall–Kier alpha value is -1.93. The Morgan fingerprint density at radius 3 is 2.63 bits per heavy atom. The van der Waals surface area contributed by atoms with E-state index in [1.54, 1.807) is 16.4 Å². The molecule has 2 fully saturated rings. The average Bonchev–Trinajstić information content (AvgIpc) is 3.07. The quantitative estimate of drug-likeness (QED) is 0.728. The van der Waals surface area contributed by atoms with E-state index in [0.717, 1.165) is 50.1 Å². The number of amides is 1. The summed E-state index contributed by atoms with van der Waals surface area (Å²) in [4.78, 5) is 19.6. The topological polar surface area (TPSA) is 75.5 Å². The Balaban J connectivity index is 1.50. The molecule has 30 heavy (non-hydrogen) atoms. The Labute approximate surface area is 179 Å². The van der Waals surface area contributed by atoms with Crippen molar-refractivity contribution < 1.29 is 13.2 Å². The number of nitrogens with zero attached hydrogens (tertiary/aromatic N) is 4. The van der Waals surface area contributed by atoms with Crippen molar-refractivity contribution in [1.82, 2.24) is 18.8 Å². The van der Waals surface area contributed by atoms with Gasteiger partial charge in [-0.3, -0.25) is 4.79 Å². The van der Waals surface area contributed by atoms with Gasteiger partial charge in [-0.05, 0) is 49.8 Å².